The normalized spacial score (nSPS) is 16.6. The third kappa shape index (κ3) is 3.73. The minimum atomic E-state index is -0.469. The van der Waals surface area contributed by atoms with Crippen molar-refractivity contribution in [3.05, 3.63) is 208 Å². The molecule has 0 radical (unpaired) electrons. The molecule has 0 aliphatic heterocycles. The molecular weight excluding hydrogens is 694 g/mol. The van der Waals surface area contributed by atoms with Crippen LogP contribution in [0, 0.1) is 0 Å². The highest BCUT2D eigenvalue weighted by Gasteiger charge is 2.53. The number of rotatable bonds is 3. The Balaban J connectivity index is 1.26. The van der Waals surface area contributed by atoms with E-state index in [1.807, 2.05) is 0 Å². The zero-order chi connectivity index (χ0) is 34.8. The van der Waals surface area contributed by atoms with E-state index in [1.165, 1.54) is 83.2 Å². The van der Waals surface area contributed by atoms with Crippen LogP contribution in [0.15, 0.2) is 174 Å². The first-order valence-corrected chi connectivity index (χ1v) is 18.9. The van der Waals surface area contributed by atoms with E-state index in [4.69, 9.17) is 0 Å². The van der Waals surface area contributed by atoms with Crippen molar-refractivity contribution in [3.63, 3.8) is 0 Å². The third-order valence-corrected chi connectivity index (χ3v) is 12.8. The summed E-state index contributed by atoms with van der Waals surface area (Å²) in [6, 6.07) is 63.5. The van der Waals surface area contributed by atoms with Crippen molar-refractivity contribution in [3.8, 4) is 33.4 Å². The molecule has 11 rings (SSSR count). The monoisotopic (exact) mass is 727 g/mol. The van der Waals surface area contributed by atoms with Gasteiger partial charge in [0.2, 0.25) is 0 Å². The molecular formula is C50H34BrN. The number of hydrogen-bond donors (Lipinski definition) is 0. The lowest BCUT2D eigenvalue weighted by molar-refractivity contribution is 0.660. The Morgan fingerprint density at radius 1 is 0.404 bits per heavy atom. The maximum absolute atomic E-state index is 4.00. The average molecular weight is 729 g/mol. The van der Waals surface area contributed by atoms with Crippen molar-refractivity contribution in [2.75, 3.05) is 4.90 Å². The summed E-state index contributed by atoms with van der Waals surface area (Å²) >= 11 is 4.00. The standard InChI is InChI=1S/C50H34BrN/c1-49(2)39-22-11-8-17-33(39)38-29-32(27-28-40(38)49)52(31-15-4-3-5-16-31)46-30-44-47(35-19-7-6-18-34(35)46)36-20-9-12-23-41(36)50(44)42-24-13-10-21-37(42)48-43(50)25-14-26-45(48)51/h3-30H,1-2H3. The number of hydrogen-bond acceptors (Lipinski definition) is 1. The van der Waals surface area contributed by atoms with Gasteiger partial charge in [-0.05, 0) is 103 Å². The van der Waals surface area contributed by atoms with Gasteiger partial charge in [-0.15, -0.1) is 0 Å². The van der Waals surface area contributed by atoms with Gasteiger partial charge in [0.1, 0.15) is 0 Å². The second kappa shape index (κ2) is 10.7. The van der Waals surface area contributed by atoms with Crippen LogP contribution >= 0.6 is 15.9 Å². The highest BCUT2D eigenvalue weighted by molar-refractivity contribution is 9.10. The third-order valence-electron chi connectivity index (χ3n) is 12.1. The molecule has 8 aromatic rings. The number of anilines is 3. The van der Waals surface area contributed by atoms with Gasteiger partial charge in [0.15, 0.2) is 0 Å². The van der Waals surface area contributed by atoms with Crippen molar-refractivity contribution in [2.45, 2.75) is 24.7 Å². The highest BCUT2D eigenvalue weighted by atomic mass is 79.9. The van der Waals surface area contributed by atoms with Crippen LogP contribution < -0.4 is 4.90 Å². The smallest absolute Gasteiger partial charge is 0.0726 e. The van der Waals surface area contributed by atoms with E-state index in [1.54, 1.807) is 0 Å². The summed E-state index contributed by atoms with van der Waals surface area (Å²) in [5, 5.41) is 2.51. The van der Waals surface area contributed by atoms with Crippen LogP contribution in [0.2, 0.25) is 0 Å². The molecule has 0 saturated carbocycles. The van der Waals surface area contributed by atoms with Crippen molar-refractivity contribution in [1.82, 2.24) is 0 Å². The lowest BCUT2D eigenvalue weighted by Crippen LogP contribution is -2.26. The zero-order valence-electron chi connectivity index (χ0n) is 29.0. The predicted molar refractivity (Wildman–Crippen MR) is 220 cm³/mol. The average Bonchev–Trinajstić information content (AvgIpc) is 3.75. The number of halogens is 1. The molecule has 1 spiro atoms. The topological polar surface area (TPSA) is 3.24 Å². The quantitative estimate of drug-likeness (QED) is 0.175. The minimum absolute atomic E-state index is 0.0576. The van der Waals surface area contributed by atoms with Gasteiger partial charge < -0.3 is 4.90 Å². The van der Waals surface area contributed by atoms with Crippen molar-refractivity contribution < 1.29 is 0 Å². The number of nitrogens with zero attached hydrogens (tertiary/aromatic N) is 1. The summed E-state index contributed by atoms with van der Waals surface area (Å²) in [4.78, 5) is 2.50. The van der Waals surface area contributed by atoms with Crippen LogP contribution in [-0.4, -0.2) is 0 Å². The molecule has 52 heavy (non-hydrogen) atoms. The first kappa shape index (κ1) is 30.0. The number of fused-ring (bicyclic) bond motifs is 15. The Bertz CT molecular complexity index is 2790. The first-order chi connectivity index (χ1) is 25.5. The fraction of sp³-hybridized carbons (Fsp3) is 0.0800. The lowest BCUT2D eigenvalue weighted by Gasteiger charge is -2.33. The molecule has 2 heteroatoms. The van der Waals surface area contributed by atoms with Gasteiger partial charge in [-0.3, -0.25) is 0 Å². The Morgan fingerprint density at radius 2 is 0.981 bits per heavy atom. The molecule has 0 heterocycles. The fourth-order valence-electron chi connectivity index (χ4n) is 10.0. The van der Waals surface area contributed by atoms with Gasteiger partial charge in [-0.2, -0.15) is 0 Å². The van der Waals surface area contributed by atoms with Crippen LogP contribution in [-0.2, 0) is 10.8 Å². The van der Waals surface area contributed by atoms with E-state index < -0.39 is 5.41 Å². The van der Waals surface area contributed by atoms with Gasteiger partial charge in [-0.1, -0.05) is 163 Å². The molecule has 246 valence electrons. The summed E-state index contributed by atoms with van der Waals surface area (Å²) in [5.74, 6) is 0. The van der Waals surface area contributed by atoms with E-state index in [2.05, 4.69) is 205 Å². The van der Waals surface area contributed by atoms with E-state index in [0.717, 1.165) is 15.8 Å². The summed E-state index contributed by atoms with van der Waals surface area (Å²) in [6.07, 6.45) is 0. The van der Waals surface area contributed by atoms with Crippen LogP contribution in [0.3, 0.4) is 0 Å². The lowest BCUT2D eigenvalue weighted by atomic mass is 9.70. The van der Waals surface area contributed by atoms with Gasteiger partial charge in [0, 0.05) is 32.2 Å². The van der Waals surface area contributed by atoms with E-state index >= 15 is 0 Å². The van der Waals surface area contributed by atoms with E-state index in [9.17, 15) is 0 Å². The summed E-state index contributed by atoms with van der Waals surface area (Å²) in [7, 11) is 0. The van der Waals surface area contributed by atoms with E-state index in [0.29, 0.717) is 0 Å². The van der Waals surface area contributed by atoms with Crippen molar-refractivity contribution in [1.29, 1.82) is 0 Å². The maximum Gasteiger partial charge on any atom is 0.0726 e. The summed E-state index contributed by atoms with van der Waals surface area (Å²) in [6.45, 7) is 4.71. The Labute approximate surface area is 313 Å². The van der Waals surface area contributed by atoms with Gasteiger partial charge in [0.05, 0.1) is 11.1 Å². The Morgan fingerprint density at radius 3 is 1.73 bits per heavy atom. The largest absolute Gasteiger partial charge is 0.310 e. The number of benzene rings is 8. The van der Waals surface area contributed by atoms with Crippen LogP contribution in [0.25, 0.3) is 44.2 Å². The number of para-hydroxylation sites is 1. The molecule has 3 aliphatic carbocycles. The van der Waals surface area contributed by atoms with Crippen LogP contribution in [0.1, 0.15) is 47.2 Å². The summed E-state index contributed by atoms with van der Waals surface area (Å²) < 4.78 is 1.13. The molecule has 0 fully saturated rings. The molecule has 1 atom stereocenters. The molecule has 0 N–H and O–H groups in total. The molecule has 1 unspecified atom stereocenters. The Hall–Kier alpha value is -5.70. The van der Waals surface area contributed by atoms with E-state index in [-0.39, 0.29) is 5.41 Å². The SMILES string of the molecule is CC1(C)c2ccccc2-c2cc(N(c3ccccc3)c3cc4c(c5ccccc35)-c3ccccc3C43c4ccccc4-c4c(Br)cccc43)ccc21. The van der Waals surface area contributed by atoms with Crippen molar-refractivity contribution in [2.24, 2.45) is 0 Å². The van der Waals surface area contributed by atoms with Gasteiger partial charge in [-0.25, -0.2) is 0 Å². The minimum Gasteiger partial charge on any atom is -0.310 e. The molecule has 3 aliphatic rings. The predicted octanol–water partition coefficient (Wildman–Crippen LogP) is 13.7. The van der Waals surface area contributed by atoms with Crippen LogP contribution in [0.5, 0.6) is 0 Å². The summed E-state index contributed by atoms with van der Waals surface area (Å²) in [5.41, 5.74) is 18.9. The highest BCUT2D eigenvalue weighted by Crippen LogP contribution is 2.65. The zero-order valence-corrected chi connectivity index (χ0v) is 30.6. The molecule has 0 amide bonds. The van der Waals surface area contributed by atoms with Gasteiger partial charge in [0.25, 0.3) is 0 Å². The first-order valence-electron chi connectivity index (χ1n) is 18.1. The molecule has 0 aromatic heterocycles. The second-order valence-electron chi connectivity index (χ2n) is 14.9. The molecule has 1 nitrogen and oxygen atoms in total. The second-order valence-corrected chi connectivity index (χ2v) is 15.8. The van der Waals surface area contributed by atoms with Crippen molar-refractivity contribution >= 4 is 43.8 Å². The molecule has 8 aromatic carbocycles. The fourth-order valence-corrected chi connectivity index (χ4v) is 10.6. The molecule has 0 bridgehead atoms. The van der Waals surface area contributed by atoms with Gasteiger partial charge >= 0.3 is 0 Å². The van der Waals surface area contributed by atoms with Crippen LogP contribution in [0.4, 0.5) is 17.1 Å². The maximum atomic E-state index is 4.00. The molecule has 0 saturated heterocycles. The Kier molecular flexibility index (Phi) is 6.15.